The molecule has 0 atom stereocenters. The molecule has 5 heteroatoms. The Morgan fingerprint density at radius 1 is 1.12 bits per heavy atom. The maximum atomic E-state index is 11.3. The summed E-state index contributed by atoms with van der Waals surface area (Å²) in [5, 5.41) is 0. The smallest absolute Gasteiger partial charge is 0.307 e. The molecule has 0 radical (unpaired) electrons. The van der Waals surface area contributed by atoms with Gasteiger partial charge in [-0.3, -0.25) is 9.59 Å². The molecule has 0 fully saturated rings. The molecule has 0 unspecified atom stereocenters. The topological polar surface area (TPSA) is 55.8 Å². The van der Waals surface area contributed by atoms with E-state index in [-0.39, 0.29) is 18.3 Å². The van der Waals surface area contributed by atoms with E-state index in [0.29, 0.717) is 32.9 Å². The van der Waals surface area contributed by atoms with Gasteiger partial charge in [-0.15, -0.1) is 0 Å². The van der Waals surface area contributed by atoms with E-state index in [9.17, 15) is 9.59 Å². The van der Waals surface area contributed by atoms with Crippen LogP contribution >= 0.6 is 0 Å². The van der Waals surface area contributed by atoms with Gasteiger partial charge in [-0.1, -0.05) is 0 Å². The Hall–Kier alpha value is -1.10. The van der Waals surface area contributed by atoms with Crippen molar-refractivity contribution in [2.45, 2.75) is 33.6 Å². The molecule has 0 aromatic heterocycles. The van der Waals surface area contributed by atoms with E-state index >= 15 is 0 Å². The van der Waals surface area contributed by atoms with Crippen molar-refractivity contribution < 1.29 is 19.1 Å². The second-order valence-corrected chi connectivity index (χ2v) is 3.61. The molecular weight excluding hydrogens is 222 g/mol. The lowest BCUT2D eigenvalue weighted by Crippen LogP contribution is -2.32. The lowest BCUT2D eigenvalue weighted by atomic mass is 10.3. The van der Waals surface area contributed by atoms with Crippen molar-refractivity contribution in [1.29, 1.82) is 0 Å². The van der Waals surface area contributed by atoms with E-state index in [4.69, 9.17) is 9.47 Å². The van der Waals surface area contributed by atoms with Crippen molar-refractivity contribution in [2.24, 2.45) is 0 Å². The number of carbonyl (C=O) groups is 2. The van der Waals surface area contributed by atoms with Gasteiger partial charge >= 0.3 is 5.97 Å². The Morgan fingerprint density at radius 3 is 2.35 bits per heavy atom. The van der Waals surface area contributed by atoms with Crippen LogP contribution in [0.5, 0.6) is 0 Å². The van der Waals surface area contributed by atoms with Gasteiger partial charge in [-0.25, -0.2) is 0 Å². The van der Waals surface area contributed by atoms with E-state index < -0.39 is 0 Å². The van der Waals surface area contributed by atoms with E-state index in [1.807, 2.05) is 6.92 Å². The zero-order valence-electron chi connectivity index (χ0n) is 11.0. The highest BCUT2D eigenvalue weighted by Gasteiger charge is 2.11. The normalized spacial score (nSPS) is 10.1. The Morgan fingerprint density at radius 2 is 1.82 bits per heavy atom. The summed E-state index contributed by atoms with van der Waals surface area (Å²) in [5.41, 5.74) is 0. The molecule has 0 N–H and O–H groups in total. The van der Waals surface area contributed by atoms with E-state index in [1.165, 1.54) is 6.92 Å². The fraction of sp³-hybridized carbons (Fsp3) is 0.833. The van der Waals surface area contributed by atoms with Gasteiger partial charge < -0.3 is 14.4 Å². The van der Waals surface area contributed by atoms with Crippen molar-refractivity contribution in [2.75, 3.05) is 32.9 Å². The first-order chi connectivity index (χ1) is 8.11. The van der Waals surface area contributed by atoms with Gasteiger partial charge in [0.1, 0.15) is 0 Å². The van der Waals surface area contributed by atoms with Crippen LogP contribution in [0.25, 0.3) is 0 Å². The molecule has 0 bridgehead atoms. The average molecular weight is 245 g/mol. The molecule has 17 heavy (non-hydrogen) atoms. The predicted octanol–water partition coefficient (Wildman–Crippen LogP) is 1.21. The molecule has 1 amide bonds. The lowest BCUT2D eigenvalue weighted by Gasteiger charge is -2.20. The molecule has 0 aromatic rings. The predicted molar refractivity (Wildman–Crippen MR) is 64.6 cm³/mol. The van der Waals surface area contributed by atoms with Gasteiger partial charge in [0.25, 0.3) is 0 Å². The summed E-state index contributed by atoms with van der Waals surface area (Å²) in [6.07, 6.45) is 1.04. The molecule has 0 heterocycles. The number of esters is 1. The van der Waals surface area contributed by atoms with Crippen LogP contribution in [0.3, 0.4) is 0 Å². The number of hydrogen-bond donors (Lipinski definition) is 0. The van der Waals surface area contributed by atoms with Gasteiger partial charge in [0.05, 0.1) is 13.0 Å². The number of carbonyl (C=O) groups excluding carboxylic acids is 2. The molecule has 5 nitrogen and oxygen atoms in total. The summed E-state index contributed by atoms with van der Waals surface area (Å²) in [6, 6.07) is 0. The van der Waals surface area contributed by atoms with Crippen molar-refractivity contribution in [1.82, 2.24) is 4.90 Å². The molecule has 0 saturated carbocycles. The number of hydrogen-bond acceptors (Lipinski definition) is 4. The van der Waals surface area contributed by atoms with Crippen LogP contribution in [-0.2, 0) is 19.1 Å². The molecule has 100 valence electrons. The zero-order chi connectivity index (χ0) is 13.1. The molecule has 0 aliphatic carbocycles. The van der Waals surface area contributed by atoms with Gasteiger partial charge in [0.2, 0.25) is 5.91 Å². The summed E-state index contributed by atoms with van der Waals surface area (Å²) in [5.74, 6) is -0.283. The summed E-state index contributed by atoms with van der Waals surface area (Å²) in [6.45, 7) is 7.94. The highest BCUT2D eigenvalue weighted by Crippen LogP contribution is 1.97. The number of amides is 1. The van der Waals surface area contributed by atoms with E-state index in [0.717, 1.165) is 6.42 Å². The summed E-state index contributed by atoms with van der Waals surface area (Å²) >= 11 is 0. The zero-order valence-corrected chi connectivity index (χ0v) is 11.0. The van der Waals surface area contributed by atoms with Gasteiger partial charge in [0, 0.05) is 33.2 Å². The minimum absolute atomic E-state index is 0.0224. The summed E-state index contributed by atoms with van der Waals surface area (Å²) < 4.78 is 10.0. The first-order valence-corrected chi connectivity index (χ1v) is 6.10. The molecule has 0 aliphatic heterocycles. The minimum atomic E-state index is -0.261. The molecule has 0 aromatic carbocycles. The largest absolute Gasteiger partial charge is 0.466 e. The Labute approximate surface area is 103 Å². The number of rotatable bonds is 9. The van der Waals surface area contributed by atoms with E-state index in [1.54, 1.807) is 11.8 Å². The van der Waals surface area contributed by atoms with Crippen LogP contribution in [0.4, 0.5) is 0 Å². The molecule has 0 spiro atoms. The third kappa shape index (κ3) is 8.68. The van der Waals surface area contributed by atoms with Crippen LogP contribution < -0.4 is 0 Å². The van der Waals surface area contributed by atoms with Gasteiger partial charge in [0.15, 0.2) is 0 Å². The maximum Gasteiger partial charge on any atom is 0.307 e. The average Bonchev–Trinajstić information content (AvgIpc) is 2.28. The summed E-state index contributed by atoms with van der Waals surface area (Å²) in [4.78, 5) is 24.1. The quantitative estimate of drug-likeness (QED) is 0.452. The first kappa shape index (κ1) is 15.9. The minimum Gasteiger partial charge on any atom is -0.466 e. The fourth-order valence-corrected chi connectivity index (χ4v) is 1.39. The number of nitrogens with zero attached hydrogens (tertiary/aromatic N) is 1. The van der Waals surface area contributed by atoms with Gasteiger partial charge in [-0.2, -0.15) is 0 Å². The van der Waals surface area contributed by atoms with Crippen LogP contribution in [0, 0.1) is 0 Å². The van der Waals surface area contributed by atoms with Crippen LogP contribution in [0.1, 0.15) is 33.6 Å². The third-order valence-electron chi connectivity index (χ3n) is 2.26. The second kappa shape index (κ2) is 10.1. The molecule has 0 rings (SSSR count). The fourth-order valence-electron chi connectivity index (χ4n) is 1.39. The number of ether oxygens (including phenoxy) is 2. The highest BCUT2D eigenvalue weighted by molar-refractivity contribution is 5.74. The summed E-state index contributed by atoms with van der Waals surface area (Å²) in [7, 11) is 0. The van der Waals surface area contributed by atoms with Crippen molar-refractivity contribution in [3.63, 3.8) is 0 Å². The van der Waals surface area contributed by atoms with Gasteiger partial charge in [-0.05, 0) is 20.3 Å². The molecular formula is C12H23NO4. The van der Waals surface area contributed by atoms with Crippen molar-refractivity contribution in [3.05, 3.63) is 0 Å². The molecule has 0 aliphatic rings. The Balaban J connectivity index is 3.82. The third-order valence-corrected chi connectivity index (χ3v) is 2.26. The van der Waals surface area contributed by atoms with Crippen LogP contribution in [0.2, 0.25) is 0 Å². The van der Waals surface area contributed by atoms with Crippen LogP contribution in [-0.4, -0.2) is 49.7 Å². The first-order valence-electron chi connectivity index (χ1n) is 6.10. The highest BCUT2D eigenvalue weighted by atomic mass is 16.5. The SMILES string of the molecule is CCOCCCN(CCC(=O)OCC)C(C)=O. The Kier molecular flexibility index (Phi) is 9.43. The van der Waals surface area contributed by atoms with Crippen molar-refractivity contribution in [3.8, 4) is 0 Å². The van der Waals surface area contributed by atoms with Crippen LogP contribution in [0.15, 0.2) is 0 Å². The lowest BCUT2D eigenvalue weighted by molar-refractivity contribution is -0.144. The second-order valence-electron chi connectivity index (χ2n) is 3.61. The standard InChI is InChI=1S/C12H23NO4/c1-4-16-10-6-8-13(11(3)14)9-7-12(15)17-5-2/h4-10H2,1-3H3. The van der Waals surface area contributed by atoms with E-state index in [2.05, 4.69) is 0 Å². The Bertz CT molecular complexity index is 231. The van der Waals surface area contributed by atoms with Crippen molar-refractivity contribution >= 4 is 11.9 Å². The maximum absolute atomic E-state index is 11.3. The molecule has 0 saturated heterocycles. The monoisotopic (exact) mass is 245 g/mol.